The predicted molar refractivity (Wildman–Crippen MR) is 47.1 cm³/mol. The molecule has 5 heteroatoms. The first-order chi connectivity index (χ1) is 6.54. The van der Waals surface area contributed by atoms with E-state index >= 15 is 0 Å². The minimum atomic E-state index is -1.12. The first kappa shape index (κ1) is 12.5. The molecule has 0 aromatic heterocycles. The normalized spacial score (nSPS) is 11.6. The smallest absolute Gasteiger partial charge is 0.378 e. The Bertz CT molecular complexity index is 233. The summed E-state index contributed by atoms with van der Waals surface area (Å²) in [6.07, 6.45) is 0. The Labute approximate surface area is 82.4 Å². The standard InChI is InChI=1S/C9H13O5/c1-4-13-8(11)6(3)7(10)9(12)14-5-2/h6H,2,4-5H2,1,3H3/q+1. The van der Waals surface area contributed by atoms with Crippen molar-refractivity contribution in [2.24, 2.45) is 5.92 Å². The molecule has 0 aliphatic rings. The van der Waals surface area contributed by atoms with Gasteiger partial charge in [0, 0.05) is 0 Å². The Morgan fingerprint density at radius 3 is 2.29 bits per heavy atom. The summed E-state index contributed by atoms with van der Waals surface area (Å²) in [6, 6.07) is 0. The number of ether oxygens (including phenoxy) is 2. The molecule has 1 atom stereocenters. The summed E-state index contributed by atoms with van der Waals surface area (Å²) in [5.74, 6) is -3.81. The number of ketones is 1. The third-order valence-corrected chi connectivity index (χ3v) is 1.47. The Kier molecular flexibility index (Phi) is 5.36. The van der Waals surface area contributed by atoms with Gasteiger partial charge in [-0.2, -0.15) is 0 Å². The lowest BCUT2D eigenvalue weighted by Crippen LogP contribution is -2.30. The highest BCUT2D eigenvalue weighted by Crippen LogP contribution is 2.02. The molecule has 0 aliphatic heterocycles. The van der Waals surface area contributed by atoms with Crippen molar-refractivity contribution in [1.82, 2.24) is 0 Å². The summed E-state index contributed by atoms with van der Waals surface area (Å²) in [7, 11) is 0. The van der Waals surface area contributed by atoms with Crippen LogP contribution in [0.15, 0.2) is 0 Å². The molecule has 0 amide bonds. The van der Waals surface area contributed by atoms with Crippen molar-refractivity contribution in [3.63, 3.8) is 0 Å². The van der Waals surface area contributed by atoms with Gasteiger partial charge in [-0.15, -0.1) is 0 Å². The molecular weight excluding hydrogens is 188 g/mol. The molecule has 78 valence electrons. The van der Waals surface area contributed by atoms with Crippen molar-refractivity contribution >= 4 is 17.7 Å². The molecule has 14 heavy (non-hydrogen) atoms. The summed E-state index contributed by atoms with van der Waals surface area (Å²) in [5, 5.41) is 0. The van der Waals surface area contributed by atoms with Crippen LogP contribution in [0.2, 0.25) is 0 Å². The van der Waals surface area contributed by atoms with Gasteiger partial charge in [-0.25, -0.2) is 4.79 Å². The van der Waals surface area contributed by atoms with E-state index in [1.54, 1.807) is 6.92 Å². The second-order valence-corrected chi connectivity index (χ2v) is 2.47. The highest BCUT2D eigenvalue weighted by molar-refractivity contribution is 6.37. The zero-order valence-electron chi connectivity index (χ0n) is 8.24. The van der Waals surface area contributed by atoms with Crippen LogP contribution in [0.3, 0.4) is 0 Å². The summed E-state index contributed by atoms with van der Waals surface area (Å²) < 4.78 is 8.92. The third kappa shape index (κ3) is 3.47. The van der Waals surface area contributed by atoms with E-state index < -0.39 is 23.6 Å². The number of carbonyl (C=O) groups excluding carboxylic acids is 3. The molecule has 0 spiro atoms. The molecule has 5 nitrogen and oxygen atoms in total. The summed E-state index contributed by atoms with van der Waals surface area (Å²) in [4.78, 5) is 33.0. The molecule has 0 rings (SSSR count). The molecule has 0 saturated carbocycles. The molecule has 0 aliphatic carbocycles. The van der Waals surface area contributed by atoms with Crippen molar-refractivity contribution in [3.8, 4) is 0 Å². The molecule has 0 bridgehead atoms. The van der Waals surface area contributed by atoms with Crippen molar-refractivity contribution in [2.45, 2.75) is 13.8 Å². The van der Waals surface area contributed by atoms with Crippen LogP contribution in [0.5, 0.6) is 0 Å². The van der Waals surface area contributed by atoms with Crippen LogP contribution in [-0.2, 0) is 23.9 Å². The van der Waals surface area contributed by atoms with Crippen molar-refractivity contribution in [2.75, 3.05) is 13.2 Å². The molecular formula is C9H13O5+. The second kappa shape index (κ2) is 6.01. The van der Waals surface area contributed by atoms with E-state index in [2.05, 4.69) is 16.4 Å². The lowest BCUT2D eigenvalue weighted by molar-refractivity contribution is -0.161. The number of hydrogen-bond donors (Lipinski definition) is 0. The average molecular weight is 201 g/mol. The van der Waals surface area contributed by atoms with Gasteiger partial charge in [0.25, 0.3) is 5.78 Å². The fourth-order valence-electron chi connectivity index (χ4n) is 0.715. The van der Waals surface area contributed by atoms with E-state index in [9.17, 15) is 14.4 Å². The van der Waals surface area contributed by atoms with Gasteiger partial charge < -0.3 is 9.47 Å². The van der Waals surface area contributed by atoms with E-state index in [0.717, 1.165) is 0 Å². The number of hydrogen-bond acceptors (Lipinski definition) is 5. The zero-order valence-corrected chi connectivity index (χ0v) is 8.24. The van der Waals surface area contributed by atoms with E-state index in [0.29, 0.717) is 0 Å². The highest BCUT2D eigenvalue weighted by atomic mass is 16.5. The van der Waals surface area contributed by atoms with Crippen LogP contribution in [0, 0.1) is 12.8 Å². The zero-order chi connectivity index (χ0) is 11.1. The maximum absolute atomic E-state index is 11.1. The van der Waals surface area contributed by atoms with Crippen molar-refractivity contribution < 1.29 is 23.9 Å². The fourth-order valence-corrected chi connectivity index (χ4v) is 0.715. The first-order valence-electron chi connectivity index (χ1n) is 4.21. The number of Topliss-reactive ketones (excluding diaryl/α,β-unsaturated/α-hetero) is 1. The van der Waals surface area contributed by atoms with E-state index in [1.165, 1.54) is 6.92 Å². The van der Waals surface area contributed by atoms with Crippen LogP contribution in [0.1, 0.15) is 13.8 Å². The van der Waals surface area contributed by atoms with Gasteiger partial charge in [-0.1, -0.05) is 0 Å². The number of rotatable bonds is 5. The molecule has 0 saturated heterocycles. The third-order valence-electron chi connectivity index (χ3n) is 1.47. The first-order valence-corrected chi connectivity index (χ1v) is 4.21. The van der Waals surface area contributed by atoms with Gasteiger partial charge in [-0.3, -0.25) is 9.59 Å². The number of carbonyl (C=O) groups is 3. The summed E-state index contributed by atoms with van der Waals surface area (Å²) in [5.41, 5.74) is 0. The van der Waals surface area contributed by atoms with E-state index in [-0.39, 0.29) is 13.2 Å². The molecule has 0 N–H and O–H groups in total. The molecule has 0 fully saturated rings. The molecule has 0 heterocycles. The largest absolute Gasteiger partial charge is 0.465 e. The van der Waals surface area contributed by atoms with Crippen LogP contribution < -0.4 is 0 Å². The van der Waals surface area contributed by atoms with Gasteiger partial charge >= 0.3 is 11.9 Å². The van der Waals surface area contributed by atoms with Gasteiger partial charge in [0.05, 0.1) is 6.61 Å². The fraction of sp³-hybridized carbons (Fsp3) is 0.556. The van der Waals surface area contributed by atoms with E-state index in [1.807, 2.05) is 0 Å². The Morgan fingerprint density at radius 1 is 1.29 bits per heavy atom. The van der Waals surface area contributed by atoms with E-state index in [4.69, 9.17) is 0 Å². The predicted octanol–water partition coefficient (Wildman–Crippen LogP) is 0.132. The maximum Gasteiger partial charge on any atom is 0.378 e. The van der Waals surface area contributed by atoms with Crippen molar-refractivity contribution in [1.29, 1.82) is 0 Å². The number of esters is 2. The Hall–Kier alpha value is -1.52. The topological polar surface area (TPSA) is 69.7 Å². The minimum Gasteiger partial charge on any atom is -0.465 e. The van der Waals surface area contributed by atoms with Crippen LogP contribution >= 0.6 is 0 Å². The monoisotopic (exact) mass is 201 g/mol. The van der Waals surface area contributed by atoms with Crippen molar-refractivity contribution in [3.05, 3.63) is 6.92 Å². The lowest BCUT2D eigenvalue weighted by Gasteiger charge is -2.07. The second-order valence-electron chi connectivity index (χ2n) is 2.47. The lowest BCUT2D eigenvalue weighted by atomic mass is 10.1. The molecule has 0 aromatic carbocycles. The minimum absolute atomic E-state index is 0.139. The van der Waals surface area contributed by atoms with Gasteiger partial charge in [-0.05, 0) is 13.8 Å². The summed E-state index contributed by atoms with van der Waals surface area (Å²) in [6.45, 7) is 6.18. The van der Waals surface area contributed by atoms with Gasteiger partial charge in [0.15, 0.2) is 0 Å². The van der Waals surface area contributed by atoms with Gasteiger partial charge in [0.2, 0.25) is 6.61 Å². The molecule has 0 radical (unpaired) electrons. The van der Waals surface area contributed by atoms with Crippen LogP contribution in [0.4, 0.5) is 0 Å². The Balaban J connectivity index is 4.24. The van der Waals surface area contributed by atoms with Crippen LogP contribution in [0.25, 0.3) is 0 Å². The quantitative estimate of drug-likeness (QED) is 0.274. The average Bonchev–Trinajstić information content (AvgIpc) is 2.16. The SMILES string of the molecule is [CH2+]COC(=O)C(=O)C(C)C(=O)OCC. The van der Waals surface area contributed by atoms with Crippen LogP contribution in [-0.4, -0.2) is 30.9 Å². The molecule has 0 aromatic rings. The highest BCUT2D eigenvalue weighted by Gasteiger charge is 2.29. The maximum atomic E-state index is 11.1. The Morgan fingerprint density at radius 2 is 1.86 bits per heavy atom. The molecule has 1 unspecified atom stereocenters. The van der Waals surface area contributed by atoms with Gasteiger partial charge in [0.1, 0.15) is 12.8 Å². The summed E-state index contributed by atoms with van der Waals surface area (Å²) >= 11 is 0.